The lowest BCUT2D eigenvalue weighted by Gasteiger charge is -2.04. The Bertz CT molecular complexity index is 666. The van der Waals surface area contributed by atoms with Gasteiger partial charge in [-0.3, -0.25) is 0 Å². The van der Waals surface area contributed by atoms with Crippen LogP contribution in [-0.4, -0.2) is 9.78 Å². The Labute approximate surface area is 99.5 Å². The van der Waals surface area contributed by atoms with Gasteiger partial charge in [0.25, 0.3) is 0 Å². The van der Waals surface area contributed by atoms with Crippen LogP contribution in [0.1, 0.15) is 5.56 Å². The predicted octanol–water partition coefficient (Wildman–Crippen LogP) is 2.92. The van der Waals surface area contributed by atoms with Gasteiger partial charge in [0.15, 0.2) is 0 Å². The first kappa shape index (κ1) is 9.90. The van der Waals surface area contributed by atoms with Crippen LogP contribution in [0.3, 0.4) is 0 Å². The normalized spacial score (nSPS) is 10.9. The molecule has 3 heteroatoms. The van der Waals surface area contributed by atoms with Crippen molar-refractivity contribution in [3.8, 4) is 5.69 Å². The zero-order valence-corrected chi connectivity index (χ0v) is 9.59. The molecule has 17 heavy (non-hydrogen) atoms. The van der Waals surface area contributed by atoms with Crippen molar-refractivity contribution in [3.63, 3.8) is 0 Å². The molecule has 0 aliphatic carbocycles. The van der Waals surface area contributed by atoms with Gasteiger partial charge in [-0.15, -0.1) is 0 Å². The molecule has 0 aliphatic heterocycles. The molecule has 84 valence electrons. The van der Waals surface area contributed by atoms with Gasteiger partial charge in [0.05, 0.1) is 17.4 Å². The van der Waals surface area contributed by atoms with Crippen molar-refractivity contribution in [2.45, 2.75) is 6.92 Å². The molecular weight excluding hydrogens is 210 g/mol. The zero-order chi connectivity index (χ0) is 11.8. The molecule has 1 aromatic heterocycles. The van der Waals surface area contributed by atoms with Gasteiger partial charge in [0, 0.05) is 11.1 Å². The fourth-order valence-electron chi connectivity index (χ4n) is 2.02. The Morgan fingerprint density at radius 3 is 2.59 bits per heavy atom. The van der Waals surface area contributed by atoms with Crippen LogP contribution < -0.4 is 5.73 Å². The third-order valence-corrected chi connectivity index (χ3v) is 2.97. The maximum absolute atomic E-state index is 5.69. The minimum Gasteiger partial charge on any atom is -0.399 e. The summed E-state index contributed by atoms with van der Waals surface area (Å²) in [5, 5.41) is 5.62. The van der Waals surface area contributed by atoms with Gasteiger partial charge >= 0.3 is 0 Å². The summed E-state index contributed by atoms with van der Waals surface area (Å²) >= 11 is 0. The monoisotopic (exact) mass is 223 g/mol. The Hall–Kier alpha value is -2.29. The Balaban J connectivity index is 2.24. The van der Waals surface area contributed by atoms with E-state index < -0.39 is 0 Å². The fraction of sp³-hybridized carbons (Fsp3) is 0.0714. The highest BCUT2D eigenvalue weighted by atomic mass is 15.3. The molecule has 3 nitrogen and oxygen atoms in total. The maximum Gasteiger partial charge on any atom is 0.0743 e. The number of hydrogen-bond acceptors (Lipinski definition) is 2. The first-order valence-corrected chi connectivity index (χ1v) is 5.55. The van der Waals surface area contributed by atoms with Gasteiger partial charge in [0.2, 0.25) is 0 Å². The van der Waals surface area contributed by atoms with Crippen molar-refractivity contribution in [1.82, 2.24) is 9.78 Å². The van der Waals surface area contributed by atoms with Crippen molar-refractivity contribution in [2.24, 2.45) is 0 Å². The smallest absolute Gasteiger partial charge is 0.0743 e. The number of nitrogen functional groups attached to an aromatic ring is 1. The van der Waals surface area contributed by atoms with Crippen LogP contribution in [0.2, 0.25) is 0 Å². The van der Waals surface area contributed by atoms with E-state index in [0.29, 0.717) is 0 Å². The molecule has 0 fully saturated rings. The molecule has 3 rings (SSSR count). The number of benzene rings is 2. The standard InChI is InChI=1S/C14H13N3/c1-10-3-2-4-14-13(10)9-16-17(14)12-7-5-11(15)6-8-12/h2-9H,15H2,1H3. The van der Waals surface area contributed by atoms with E-state index in [1.807, 2.05) is 41.2 Å². The first-order chi connectivity index (χ1) is 8.25. The number of aryl methyl sites for hydroxylation is 1. The highest BCUT2D eigenvalue weighted by Crippen LogP contribution is 2.21. The van der Waals surface area contributed by atoms with E-state index in [0.717, 1.165) is 16.9 Å². The van der Waals surface area contributed by atoms with E-state index in [9.17, 15) is 0 Å². The van der Waals surface area contributed by atoms with Gasteiger partial charge in [0.1, 0.15) is 0 Å². The Morgan fingerprint density at radius 1 is 1.06 bits per heavy atom. The molecule has 2 aromatic carbocycles. The summed E-state index contributed by atoms with van der Waals surface area (Å²) in [5.41, 5.74) is 9.84. The number of rotatable bonds is 1. The summed E-state index contributed by atoms with van der Waals surface area (Å²) in [5.74, 6) is 0. The van der Waals surface area contributed by atoms with Crippen LogP contribution in [0, 0.1) is 6.92 Å². The van der Waals surface area contributed by atoms with Gasteiger partial charge in [-0.2, -0.15) is 5.10 Å². The topological polar surface area (TPSA) is 43.8 Å². The van der Waals surface area contributed by atoms with Gasteiger partial charge < -0.3 is 5.73 Å². The highest BCUT2D eigenvalue weighted by Gasteiger charge is 2.05. The summed E-state index contributed by atoms with van der Waals surface area (Å²) in [6.45, 7) is 2.09. The summed E-state index contributed by atoms with van der Waals surface area (Å²) in [4.78, 5) is 0. The quantitative estimate of drug-likeness (QED) is 0.644. The van der Waals surface area contributed by atoms with E-state index in [1.54, 1.807) is 0 Å². The fourth-order valence-corrected chi connectivity index (χ4v) is 2.02. The van der Waals surface area contributed by atoms with Gasteiger partial charge in [-0.25, -0.2) is 4.68 Å². The van der Waals surface area contributed by atoms with E-state index in [-0.39, 0.29) is 0 Å². The summed E-state index contributed by atoms with van der Waals surface area (Å²) in [7, 11) is 0. The van der Waals surface area contributed by atoms with Crippen molar-refractivity contribution < 1.29 is 0 Å². The second-order valence-corrected chi connectivity index (χ2v) is 4.16. The molecule has 0 saturated heterocycles. The van der Waals surface area contributed by atoms with Gasteiger partial charge in [-0.1, -0.05) is 12.1 Å². The second-order valence-electron chi connectivity index (χ2n) is 4.16. The lowest BCUT2D eigenvalue weighted by Crippen LogP contribution is -1.96. The molecule has 0 atom stereocenters. The molecule has 3 aromatic rings. The largest absolute Gasteiger partial charge is 0.399 e. The second kappa shape index (κ2) is 3.63. The molecule has 0 bridgehead atoms. The van der Waals surface area contributed by atoms with Crippen LogP contribution in [0.15, 0.2) is 48.7 Å². The maximum atomic E-state index is 5.69. The first-order valence-electron chi connectivity index (χ1n) is 5.55. The summed E-state index contributed by atoms with van der Waals surface area (Å²) in [6.07, 6.45) is 1.90. The molecule has 0 saturated carbocycles. The highest BCUT2D eigenvalue weighted by molar-refractivity contribution is 5.83. The van der Waals surface area contributed by atoms with Crippen LogP contribution in [0.5, 0.6) is 0 Å². The molecule has 0 aliphatic rings. The SMILES string of the molecule is Cc1cccc2c1cnn2-c1ccc(N)cc1. The number of aromatic nitrogens is 2. The molecule has 1 heterocycles. The van der Waals surface area contributed by atoms with Crippen LogP contribution in [0.25, 0.3) is 16.6 Å². The summed E-state index contributed by atoms with van der Waals surface area (Å²) < 4.78 is 1.93. The van der Waals surface area contributed by atoms with Crippen LogP contribution >= 0.6 is 0 Å². The number of nitrogens with two attached hydrogens (primary N) is 1. The van der Waals surface area contributed by atoms with E-state index >= 15 is 0 Å². The number of fused-ring (bicyclic) bond motifs is 1. The Kier molecular flexibility index (Phi) is 2.11. The Morgan fingerprint density at radius 2 is 1.82 bits per heavy atom. The van der Waals surface area contributed by atoms with Crippen molar-refractivity contribution in [1.29, 1.82) is 0 Å². The third-order valence-electron chi connectivity index (χ3n) is 2.97. The predicted molar refractivity (Wildman–Crippen MR) is 70.2 cm³/mol. The van der Waals surface area contributed by atoms with Gasteiger partial charge in [-0.05, 0) is 42.8 Å². The molecular formula is C14H13N3. The molecule has 0 unspecified atom stereocenters. The van der Waals surface area contributed by atoms with E-state index in [4.69, 9.17) is 5.73 Å². The summed E-state index contributed by atoms with van der Waals surface area (Å²) in [6, 6.07) is 13.9. The van der Waals surface area contributed by atoms with E-state index in [2.05, 4.69) is 24.2 Å². The van der Waals surface area contributed by atoms with Crippen molar-refractivity contribution in [2.75, 3.05) is 5.73 Å². The third kappa shape index (κ3) is 1.56. The molecule has 0 amide bonds. The zero-order valence-electron chi connectivity index (χ0n) is 9.59. The molecule has 0 spiro atoms. The molecule has 2 N–H and O–H groups in total. The number of nitrogens with zero attached hydrogens (tertiary/aromatic N) is 2. The lowest BCUT2D eigenvalue weighted by molar-refractivity contribution is 0.911. The minimum absolute atomic E-state index is 0.765. The van der Waals surface area contributed by atoms with Crippen molar-refractivity contribution in [3.05, 3.63) is 54.2 Å². The number of hydrogen-bond donors (Lipinski definition) is 1. The average Bonchev–Trinajstić information content (AvgIpc) is 2.75. The molecule has 0 radical (unpaired) electrons. The van der Waals surface area contributed by atoms with Crippen LogP contribution in [-0.2, 0) is 0 Å². The van der Waals surface area contributed by atoms with E-state index in [1.165, 1.54) is 10.9 Å². The number of anilines is 1. The minimum atomic E-state index is 0.765. The lowest BCUT2D eigenvalue weighted by atomic mass is 10.1. The van der Waals surface area contributed by atoms with Crippen molar-refractivity contribution >= 4 is 16.6 Å². The average molecular weight is 223 g/mol. The van der Waals surface area contributed by atoms with Crippen LogP contribution in [0.4, 0.5) is 5.69 Å².